The van der Waals surface area contributed by atoms with E-state index in [1.54, 1.807) is 0 Å². The van der Waals surface area contributed by atoms with E-state index in [9.17, 15) is 0 Å². The molecule has 0 atom stereocenters. The van der Waals surface area contributed by atoms with Crippen molar-refractivity contribution in [2.45, 2.75) is 46.1 Å². The second-order valence-corrected chi connectivity index (χ2v) is 4.10. The van der Waals surface area contributed by atoms with Gasteiger partial charge < -0.3 is 5.32 Å². The van der Waals surface area contributed by atoms with Crippen LogP contribution in [0.1, 0.15) is 44.2 Å². The standard InChI is InChI=1S/C14H23N/c1-3-5-10-15-12-14-9-6-8-13(11-14)7-4-2/h6,8-9,11,15H,3-5,7,10,12H2,1-2H3. The topological polar surface area (TPSA) is 12.0 Å². The Labute approximate surface area is 93.9 Å². The lowest BCUT2D eigenvalue weighted by molar-refractivity contribution is 0.641. The number of nitrogens with one attached hydrogen (secondary N) is 1. The maximum absolute atomic E-state index is 3.47. The zero-order valence-corrected chi connectivity index (χ0v) is 10.1. The Bertz CT molecular complexity index is 268. The second-order valence-electron chi connectivity index (χ2n) is 4.10. The number of aryl methyl sites for hydroxylation is 1. The summed E-state index contributed by atoms with van der Waals surface area (Å²) in [6.45, 7) is 6.60. The Kier molecular flexibility index (Phi) is 6.10. The zero-order chi connectivity index (χ0) is 10.9. The second kappa shape index (κ2) is 7.47. The van der Waals surface area contributed by atoms with Crippen molar-refractivity contribution < 1.29 is 0 Å². The molecule has 0 radical (unpaired) electrons. The van der Waals surface area contributed by atoms with Gasteiger partial charge in [-0.05, 0) is 30.5 Å². The van der Waals surface area contributed by atoms with Gasteiger partial charge in [-0.2, -0.15) is 0 Å². The molecule has 1 heteroatoms. The molecule has 0 aliphatic carbocycles. The van der Waals surface area contributed by atoms with Crippen LogP contribution in [0, 0.1) is 0 Å². The van der Waals surface area contributed by atoms with Crippen molar-refractivity contribution in [1.82, 2.24) is 5.32 Å². The minimum Gasteiger partial charge on any atom is -0.313 e. The molecular weight excluding hydrogens is 182 g/mol. The number of benzene rings is 1. The highest BCUT2D eigenvalue weighted by Crippen LogP contribution is 2.07. The maximum Gasteiger partial charge on any atom is 0.0205 e. The third-order valence-corrected chi connectivity index (χ3v) is 2.57. The third kappa shape index (κ3) is 4.98. The number of hydrogen-bond donors (Lipinski definition) is 1. The van der Waals surface area contributed by atoms with E-state index < -0.39 is 0 Å². The van der Waals surface area contributed by atoms with Gasteiger partial charge in [-0.3, -0.25) is 0 Å². The van der Waals surface area contributed by atoms with Gasteiger partial charge in [-0.1, -0.05) is 51.0 Å². The van der Waals surface area contributed by atoms with Crippen LogP contribution in [-0.2, 0) is 13.0 Å². The van der Waals surface area contributed by atoms with Gasteiger partial charge in [-0.25, -0.2) is 0 Å². The first kappa shape index (κ1) is 12.3. The molecule has 0 amide bonds. The molecule has 84 valence electrons. The monoisotopic (exact) mass is 205 g/mol. The number of rotatable bonds is 7. The first-order valence-corrected chi connectivity index (χ1v) is 6.15. The highest BCUT2D eigenvalue weighted by atomic mass is 14.8. The van der Waals surface area contributed by atoms with Gasteiger partial charge in [0.05, 0.1) is 0 Å². The van der Waals surface area contributed by atoms with Crippen LogP contribution < -0.4 is 5.32 Å². The van der Waals surface area contributed by atoms with Crippen LogP contribution in [0.15, 0.2) is 24.3 Å². The Hall–Kier alpha value is -0.820. The smallest absolute Gasteiger partial charge is 0.0205 e. The lowest BCUT2D eigenvalue weighted by Crippen LogP contribution is -2.14. The van der Waals surface area contributed by atoms with Crippen molar-refractivity contribution in [2.24, 2.45) is 0 Å². The van der Waals surface area contributed by atoms with E-state index in [1.165, 1.54) is 36.8 Å². The fraction of sp³-hybridized carbons (Fsp3) is 0.571. The first-order valence-electron chi connectivity index (χ1n) is 6.15. The van der Waals surface area contributed by atoms with E-state index in [4.69, 9.17) is 0 Å². The lowest BCUT2D eigenvalue weighted by Gasteiger charge is -2.06. The highest BCUT2D eigenvalue weighted by molar-refractivity contribution is 5.23. The van der Waals surface area contributed by atoms with Gasteiger partial charge in [0.15, 0.2) is 0 Å². The van der Waals surface area contributed by atoms with Crippen LogP contribution in [0.4, 0.5) is 0 Å². The molecule has 1 nitrogen and oxygen atoms in total. The average Bonchev–Trinajstić information content (AvgIpc) is 2.26. The Balaban J connectivity index is 2.36. The predicted molar refractivity (Wildman–Crippen MR) is 67.1 cm³/mol. The molecule has 0 spiro atoms. The van der Waals surface area contributed by atoms with Gasteiger partial charge in [0, 0.05) is 6.54 Å². The third-order valence-electron chi connectivity index (χ3n) is 2.57. The normalized spacial score (nSPS) is 10.5. The minimum atomic E-state index is 1.01. The molecule has 0 bridgehead atoms. The molecular formula is C14H23N. The molecule has 0 heterocycles. The molecule has 1 aromatic rings. The molecule has 0 saturated heterocycles. The van der Waals surface area contributed by atoms with Gasteiger partial charge in [0.25, 0.3) is 0 Å². The average molecular weight is 205 g/mol. The van der Waals surface area contributed by atoms with E-state index in [0.717, 1.165) is 13.1 Å². The fourth-order valence-electron chi connectivity index (χ4n) is 1.72. The maximum atomic E-state index is 3.47. The molecule has 0 saturated carbocycles. The van der Waals surface area contributed by atoms with Crippen LogP contribution in [-0.4, -0.2) is 6.54 Å². The van der Waals surface area contributed by atoms with Crippen molar-refractivity contribution in [3.8, 4) is 0 Å². The van der Waals surface area contributed by atoms with E-state index in [2.05, 4.69) is 43.4 Å². The van der Waals surface area contributed by atoms with Gasteiger partial charge >= 0.3 is 0 Å². The van der Waals surface area contributed by atoms with E-state index in [0.29, 0.717) is 0 Å². The zero-order valence-electron chi connectivity index (χ0n) is 10.1. The van der Waals surface area contributed by atoms with Crippen LogP contribution in [0.3, 0.4) is 0 Å². The molecule has 1 N–H and O–H groups in total. The number of unbranched alkanes of at least 4 members (excludes halogenated alkanes) is 1. The molecule has 0 aliphatic heterocycles. The molecule has 0 aliphatic rings. The summed E-state index contributed by atoms with van der Waals surface area (Å²) in [4.78, 5) is 0. The minimum absolute atomic E-state index is 1.01. The summed E-state index contributed by atoms with van der Waals surface area (Å²) in [7, 11) is 0. The molecule has 0 fully saturated rings. The fourth-order valence-corrected chi connectivity index (χ4v) is 1.72. The van der Waals surface area contributed by atoms with E-state index in [1.807, 2.05) is 0 Å². The van der Waals surface area contributed by atoms with E-state index >= 15 is 0 Å². The summed E-state index contributed by atoms with van der Waals surface area (Å²) >= 11 is 0. The molecule has 0 unspecified atom stereocenters. The SMILES string of the molecule is CCCCNCc1cccc(CCC)c1. The van der Waals surface area contributed by atoms with Crippen LogP contribution in [0.5, 0.6) is 0 Å². The summed E-state index contributed by atoms with van der Waals surface area (Å²) in [5, 5.41) is 3.47. The van der Waals surface area contributed by atoms with Crippen molar-refractivity contribution in [3.63, 3.8) is 0 Å². The van der Waals surface area contributed by atoms with E-state index in [-0.39, 0.29) is 0 Å². The van der Waals surface area contributed by atoms with Crippen molar-refractivity contribution in [2.75, 3.05) is 6.54 Å². The highest BCUT2D eigenvalue weighted by Gasteiger charge is 1.95. The summed E-state index contributed by atoms with van der Waals surface area (Å²) < 4.78 is 0. The number of hydrogen-bond acceptors (Lipinski definition) is 1. The Morgan fingerprint density at radius 2 is 1.87 bits per heavy atom. The Morgan fingerprint density at radius 1 is 1.07 bits per heavy atom. The van der Waals surface area contributed by atoms with Gasteiger partial charge in [0.2, 0.25) is 0 Å². The van der Waals surface area contributed by atoms with Gasteiger partial charge in [-0.15, -0.1) is 0 Å². The molecule has 1 aromatic carbocycles. The summed E-state index contributed by atoms with van der Waals surface area (Å²) in [6, 6.07) is 8.92. The Morgan fingerprint density at radius 3 is 2.60 bits per heavy atom. The predicted octanol–water partition coefficient (Wildman–Crippen LogP) is 3.53. The van der Waals surface area contributed by atoms with Crippen LogP contribution in [0.2, 0.25) is 0 Å². The molecule has 0 aromatic heterocycles. The quantitative estimate of drug-likeness (QED) is 0.671. The van der Waals surface area contributed by atoms with Crippen LogP contribution >= 0.6 is 0 Å². The van der Waals surface area contributed by atoms with Crippen molar-refractivity contribution >= 4 is 0 Å². The molecule has 15 heavy (non-hydrogen) atoms. The van der Waals surface area contributed by atoms with Gasteiger partial charge in [0.1, 0.15) is 0 Å². The van der Waals surface area contributed by atoms with Crippen molar-refractivity contribution in [1.29, 1.82) is 0 Å². The summed E-state index contributed by atoms with van der Waals surface area (Å²) in [5.74, 6) is 0. The first-order chi connectivity index (χ1) is 7.36. The van der Waals surface area contributed by atoms with Crippen LogP contribution in [0.25, 0.3) is 0 Å². The largest absolute Gasteiger partial charge is 0.313 e. The van der Waals surface area contributed by atoms with Crippen molar-refractivity contribution in [3.05, 3.63) is 35.4 Å². The summed E-state index contributed by atoms with van der Waals surface area (Å²) in [6.07, 6.45) is 4.97. The molecule has 1 rings (SSSR count). The lowest BCUT2D eigenvalue weighted by atomic mass is 10.1. The summed E-state index contributed by atoms with van der Waals surface area (Å²) in [5.41, 5.74) is 2.88.